The molecule has 1 unspecified atom stereocenters. The van der Waals surface area contributed by atoms with E-state index >= 15 is 0 Å². The van der Waals surface area contributed by atoms with Crippen LogP contribution in [0.5, 0.6) is 0 Å². The van der Waals surface area contributed by atoms with E-state index in [4.69, 9.17) is 9.52 Å². The first-order valence-corrected chi connectivity index (χ1v) is 7.47. The van der Waals surface area contributed by atoms with Crippen molar-refractivity contribution in [3.05, 3.63) is 29.5 Å². The predicted octanol–water partition coefficient (Wildman–Crippen LogP) is 3.88. The smallest absolute Gasteiger partial charge is 0.316 e. The number of hydrogen-bond donors (Lipinski definition) is 1. The molecule has 0 bridgehead atoms. The molecule has 1 aromatic heterocycles. The lowest BCUT2D eigenvalue weighted by atomic mass is 9.96. The zero-order valence-corrected chi connectivity index (χ0v) is 11.6. The third kappa shape index (κ3) is 2.37. The largest absolute Gasteiger partial charge is 0.480 e. The minimum Gasteiger partial charge on any atom is -0.480 e. The Hall–Kier alpha value is -1.42. The molecule has 100 valence electrons. The molecule has 3 rings (SSSR count). The van der Waals surface area contributed by atoms with Gasteiger partial charge in [-0.2, -0.15) is 0 Å². The van der Waals surface area contributed by atoms with Crippen molar-refractivity contribution >= 4 is 28.7 Å². The number of benzene rings is 1. The Morgan fingerprint density at radius 3 is 2.95 bits per heavy atom. The molecule has 2 aromatic rings. The fraction of sp³-hybridized carbons (Fsp3) is 0.400. The van der Waals surface area contributed by atoms with Crippen molar-refractivity contribution < 1.29 is 14.3 Å². The molecule has 1 heterocycles. The summed E-state index contributed by atoms with van der Waals surface area (Å²) >= 11 is 1.38. The Morgan fingerprint density at radius 2 is 2.16 bits per heavy atom. The summed E-state index contributed by atoms with van der Waals surface area (Å²) in [4.78, 5) is 11.9. The summed E-state index contributed by atoms with van der Waals surface area (Å²) in [5.41, 5.74) is 2.26. The van der Waals surface area contributed by atoms with Gasteiger partial charge in [0.25, 0.3) is 0 Å². The zero-order valence-electron chi connectivity index (χ0n) is 10.8. The Kier molecular flexibility index (Phi) is 3.27. The van der Waals surface area contributed by atoms with Gasteiger partial charge in [-0.25, -0.2) is 0 Å². The van der Waals surface area contributed by atoms with Gasteiger partial charge in [0.15, 0.2) is 0 Å². The molecule has 19 heavy (non-hydrogen) atoms. The number of carboxylic acid groups (broad SMARTS) is 1. The second kappa shape index (κ2) is 4.93. The molecule has 1 aliphatic rings. The van der Waals surface area contributed by atoms with Crippen LogP contribution >= 0.6 is 11.8 Å². The number of thioether (sulfide) groups is 1. The Bertz CT molecular complexity index is 630. The normalized spacial score (nSPS) is 16.3. The highest BCUT2D eigenvalue weighted by Gasteiger charge is 2.19. The lowest BCUT2D eigenvalue weighted by molar-refractivity contribution is -0.136. The minimum absolute atomic E-state index is 0.430. The summed E-state index contributed by atoms with van der Waals surface area (Å²) in [6, 6.07) is 5.99. The van der Waals surface area contributed by atoms with E-state index in [0.29, 0.717) is 0 Å². The highest BCUT2D eigenvalue weighted by molar-refractivity contribution is 8.00. The molecule has 0 amide bonds. The average Bonchev–Trinajstić information content (AvgIpc) is 2.76. The van der Waals surface area contributed by atoms with Gasteiger partial charge < -0.3 is 9.52 Å². The van der Waals surface area contributed by atoms with Crippen molar-refractivity contribution in [1.29, 1.82) is 0 Å². The van der Waals surface area contributed by atoms with Gasteiger partial charge in [0, 0.05) is 22.3 Å². The number of furan rings is 1. The summed E-state index contributed by atoms with van der Waals surface area (Å²) < 4.78 is 5.87. The van der Waals surface area contributed by atoms with Gasteiger partial charge in [-0.3, -0.25) is 4.79 Å². The lowest BCUT2D eigenvalue weighted by Gasteiger charge is -2.09. The fourth-order valence-electron chi connectivity index (χ4n) is 2.57. The maximum atomic E-state index is 10.9. The molecule has 1 aliphatic carbocycles. The van der Waals surface area contributed by atoms with Crippen LogP contribution in [-0.4, -0.2) is 16.3 Å². The van der Waals surface area contributed by atoms with Crippen LogP contribution < -0.4 is 0 Å². The van der Waals surface area contributed by atoms with Gasteiger partial charge in [0.2, 0.25) is 0 Å². The van der Waals surface area contributed by atoms with Crippen molar-refractivity contribution in [3.8, 4) is 0 Å². The number of fused-ring (bicyclic) bond motifs is 3. The predicted molar refractivity (Wildman–Crippen MR) is 75.8 cm³/mol. The van der Waals surface area contributed by atoms with Crippen molar-refractivity contribution in [2.24, 2.45) is 0 Å². The molecule has 0 saturated carbocycles. The lowest BCUT2D eigenvalue weighted by Crippen LogP contribution is -2.10. The molecule has 3 nitrogen and oxygen atoms in total. The topological polar surface area (TPSA) is 50.4 Å². The van der Waals surface area contributed by atoms with Crippen LogP contribution in [0.3, 0.4) is 0 Å². The van der Waals surface area contributed by atoms with Crippen LogP contribution in [0.2, 0.25) is 0 Å². The number of aliphatic carboxylic acids is 1. The van der Waals surface area contributed by atoms with Crippen molar-refractivity contribution in [1.82, 2.24) is 0 Å². The number of hydrogen-bond acceptors (Lipinski definition) is 3. The second-order valence-electron chi connectivity index (χ2n) is 4.97. The zero-order chi connectivity index (χ0) is 13.4. The quantitative estimate of drug-likeness (QED) is 0.864. The van der Waals surface area contributed by atoms with Crippen LogP contribution in [0, 0.1) is 0 Å². The molecule has 1 aromatic carbocycles. The number of carbonyl (C=O) groups is 1. The van der Waals surface area contributed by atoms with Gasteiger partial charge in [0.05, 0.1) is 0 Å². The van der Waals surface area contributed by atoms with E-state index < -0.39 is 11.2 Å². The first-order chi connectivity index (χ1) is 9.15. The number of rotatable bonds is 3. The van der Waals surface area contributed by atoms with E-state index in [1.54, 1.807) is 6.92 Å². The van der Waals surface area contributed by atoms with E-state index in [1.807, 2.05) is 12.1 Å². The van der Waals surface area contributed by atoms with E-state index in [2.05, 4.69) is 6.07 Å². The highest BCUT2D eigenvalue weighted by Crippen LogP contribution is 2.35. The average molecular weight is 276 g/mol. The molecule has 0 radical (unpaired) electrons. The van der Waals surface area contributed by atoms with Gasteiger partial charge in [-0.15, -0.1) is 11.8 Å². The number of carboxylic acids is 1. The summed E-state index contributed by atoms with van der Waals surface area (Å²) in [6.07, 6.45) is 4.51. The van der Waals surface area contributed by atoms with Crippen molar-refractivity contribution in [2.75, 3.05) is 0 Å². The van der Waals surface area contributed by atoms with E-state index in [9.17, 15) is 4.79 Å². The first-order valence-electron chi connectivity index (χ1n) is 6.59. The number of aryl methyl sites for hydroxylation is 2. The summed E-state index contributed by atoms with van der Waals surface area (Å²) in [7, 11) is 0. The third-order valence-electron chi connectivity index (χ3n) is 3.59. The van der Waals surface area contributed by atoms with Crippen LogP contribution in [0.25, 0.3) is 11.0 Å². The van der Waals surface area contributed by atoms with E-state index in [0.717, 1.165) is 34.5 Å². The third-order valence-corrected chi connectivity index (χ3v) is 4.67. The standard InChI is InChI=1S/C15H16O3S/c1-9(15(16)17)19-10-6-7-14-12(8-10)11-4-2-3-5-13(11)18-14/h6-9H,2-5H2,1H3,(H,16,17). The van der Waals surface area contributed by atoms with Crippen LogP contribution in [0.1, 0.15) is 31.1 Å². The van der Waals surface area contributed by atoms with Crippen LogP contribution in [0.4, 0.5) is 0 Å². The molecule has 4 heteroatoms. The molecule has 0 aliphatic heterocycles. The van der Waals surface area contributed by atoms with Crippen LogP contribution in [0.15, 0.2) is 27.5 Å². The molecule has 0 spiro atoms. The fourth-order valence-corrected chi connectivity index (χ4v) is 3.41. The molecule has 1 atom stereocenters. The van der Waals surface area contributed by atoms with E-state index in [-0.39, 0.29) is 0 Å². The minimum atomic E-state index is -0.778. The Balaban J connectivity index is 1.98. The van der Waals surface area contributed by atoms with Crippen molar-refractivity contribution in [2.45, 2.75) is 42.8 Å². The summed E-state index contributed by atoms with van der Waals surface area (Å²) in [5.74, 6) is 0.342. The molecule has 1 N–H and O–H groups in total. The SMILES string of the molecule is CC(Sc1ccc2oc3c(c2c1)CCCC3)C(=O)O. The summed E-state index contributed by atoms with van der Waals surface area (Å²) in [6.45, 7) is 1.71. The van der Waals surface area contributed by atoms with Crippen molar-refractivity contribution in [3.63, 3.8) is 0 Å². The molecular formula is C15H16O3S. The maximum Gasteiger partial charge on any atom is 0.316 e. The molecule has 0 saturated heterocycles. The second-order valence-corrected chi connectivity index (χ2v) is 6.38. The molecular weight excluding hydrogens is 260 g/mol. The molecule has 0 fully saturated rings. The van der Waals surface area contributed by atoms with Gasteiger partial charge in [-0.1, -0.05) is 0 Å². The van der Waals surface area contributed by atoms with Gasteiger partial charge in [-0.05, 0) is 44.4 Å². The Morgan fingerprint density at radius 1 is 1.37 bits per heavy atom. The maximum absolute atomic E-state index is 10.9. The first kappa shape index (κ1) is 12.6. The Labute approximate surface area is 116 Å². The van der Waals surface area contributed by atoms with Gasteiger partial charge >= 0.3 is 5.97 Å². The summed E-state index contributed by atoms with van der Waals surface area (Å²) in [5, 5.41) is 9.70. The van der Waals surface area contributed by atoms with Gasteiger partial charge in [0.1, 0.15) is 16.6 Å². The highest BCUT2D eigenvalue weighted by atomic mass is 32.2. The monoisotopic (exact) mass is 276 g/mol. The van der Waals surface area contributed by atoms with Crippen LogP contribution in [-0.2, 0) is 17.6 Å². The van der Waals surface area contributed by atoms with E-state index in [1.165, 1.54) is 30.2 Å².